The number of hydrogen-bond acceptors (Lipinski definition) is 3. The van der Waals surface area contributed by atoms with Gasteiger partial charge in [-0.15, -0.1) is 0 Å². The zero-order valence-electron chi connectivity index (χ0n) is 7.72. The van der Waals surface area contributed by atoms with Crippen LogP contribution in [0.25, 0.3) is 0 Å². The third-order valence-corrected chi connectivity index (χ3v) is 2.58. The highest BCUT2D eigenvalue weighted by Crippen LogP contribution is 2.32. The van der Waals surface area contributed by atoms with Crippen LogP contribution >= 0.6 is 27.5 Å². The first-order valence-corrected chi connectivity index (χ1v) is 5.18. The van der Waals surface area contributed by atoms with Crippen molar-refractivity contribution in [1.82, 2.24) is 0 Å². The summed E-state index contributed by atoms with van der Waals surface area (Å²) in [4.78, 5) is 0. The summed E-state index contributed by atoms with van der Waals surface area (Å²) in [6, 6.07) is 3.39. The quantitative estimate of drug-likeness (QED) is 0.681. The molecule has 0 bridgehead atoms. The molecule has 0 aliphatic carbocycles. The Balaban J connectivity index is 2.72. The van der Waals surface area contributed by atoms with E-state index in [-0.39, 0.29) is 0 Å². The van der Waals surface area contributed by atoms with Gasteiger partial charge in [-0.05, 0) is 22.0 Å². The number of nitrogen functional groups attached to an aromatic ring is 1. The first-order chi connectivity index (χ1) is 6.65. The SMILES string of the molecule is COCCOc1cc(N)c(Br)cc1Cl. The van der Waals surface area contributed by atoms with Gasteiger partial charge in [0.25, 0.3) is 0 Å². The summed E-state index contributed by atoms with van der Waals surface area (Å²) in [5, 5.41) is 0.530. The van der Waals surface area contributed by atoms with Crippen molar-refractivity contribution in [2.24, 2.45) is 0 Å². The fourth-order valence-corrected chi connectivity index (χ4v) is 1.58. The molecule has 0 saturated heterocycles. The fourth-order valence-electron chi connectivity index (χ4n) is 0.890. The van der Waals surface area contributed by atoms with E-state index >= 15 is 0 Å². The second-order valence-corrected chi connectivity index (χ2v) is 3.91. The Labute approximate surface area is 96.3 Å². The summed E-state index contributed by atoms with van der Waals surface area (Å²) in [6.07, 6.45) is 0. The van der Waals surface area contributed by atoms with Gasteiger partial charge in [0.15, 0.2) is 0 Å². The van der Waals surface area contributed by atoms with Crippen molar-refractivity contribution in [1.29, 1.82) is 0 Å². The smallest absolute Gasteiger partial charge is 0.140 e. The molecule has 0 fully saturated rings. The lowest BCUT2D eigenvalue weighted by atomic mass is 10.3. The van der Waals surface area contributed by atoms with Crippen molar-refractivity contribution < 1.29 is 9.47 Å². The number of anilines is 1. The summed E-state index contributed by atoms with van der Waals surface area (Å²) in [5.41, 5.74) is 6.28. The van der Waals surface area contributed by atoms with Crippen molar-refractivity contribution >= 4 is 33.2 Å². The van der Waals surface area contributed by atoms with Gasteiger partial charge in [0.2, 0.25) is 0 Å². The Hall–Kier alpha value is -0.450. The van der Waals surface area contributed by atoms with Gasteiger partial charge >= 0.3 is 0 Å². The van der Waals surface area contributed by atoms with Crippen molar-refractivity contribution in [3.8, 4) is 5.75 Å². The number of rotatable bonds is 4. The Morgan fingerprint density at radius 2 is 2.14 bits per heavy atom. The molecule has 0 unspecified atom stereocenters. The molecule has 0 atom stereocenters. The highest BCUT2D eigenvalue weighted by Gasteiger charge is 2.05. The first kappa shape index (κ1) is 11.6. The number of methoxy groups -OCH3 is 1. The van der Waals surface area contributed by atoms with Gasteiger partial charge in [0.05, 0.1) is 11.6 Å². The molecule has 3 nitrogen and oxygen atoms in total. The molecule has 78 valence electrons. The van der Waals surface area contributed by atoms with E-state index in [4.69, 9.17) is 26.8 Å². The number of ether oxygens (including phenoxy) is 2. The number of hydrogen-bond donors (Lipinski definition) is 1. The largest absolute Gasteiger partial charge is 0.490 e. The molecule has 1 rings (SSSR count). The number of benzene rings is 1. The zero-order chi connectivity index (χ0) is 10.6. The minimum absolute atomic E-state index is 0.456. The predicted octanol–water partition coefficient (Wildman–Crippen LogP) is 2.71. The van der Waals surface area contributed by atoms with Gasteiger partial charge in [0, 0.05) is 23.3 Å². The van der Waals surface area contributed by atoms with Crippen LogP contribution in [0.2, 0.25) is 5.02 Å². The maximum atomic E-state index is 5.93. The average Bonchev–Trinajstić information content (AvgIpc) is 2.14. The van der Waals surface area contributed by atoms with E-state index in [0.717, 1.165) is 4.47 Å². The van der Waals surface area contributed by atoms with Crippen molar-refractivity contribution in [3.63, 3.8) is 0 Å². The molecule has 0 aliphatic heterocycles. The van der Waals surface area contributed by atoms with Gasteiger partial charge in [0.1, 0.15) is 12.4 Å². The van der Waals surface area contributed by atoms with E-state index < -0.39 is 0 Å². The highest BCUT2D eigenvalue weighted by molar-refractivity contribution is 9.10. The van der Waals surface area contributed by atoms with Crippen molar-refractivity contribution in [2.75, 3.05) is 26.1 Å². The minimum atomic E-state index is 0.456. The Bertz CT molecular complexity index is 320. The highest BCUT2D eigenvalue weighted by atomic mass is 79.9. The van der Waals surface area contributed by atoms with E-state index in [1.807, 2.05) is 0 Å². The molecule has 5 heteroatoms. The topological polar surface area (TPSA) is 44.5 Å². The van der Waals surface area contributed by atoms with Crippen LogP contribution in [0.15, 0.2) is 16.6 Å². The van der Waals surface area contributed by atoms with Crippen molar-refractivity contribution in [2.45, 2.75) is 0 Å². The zero-order valence-corrected chi connectivity index (χ0v) is 10.1. The summed E-state index contributed by atoms with van der Waals surface area (Å²) in [7, 11) is 1.61. The van der Waals surface area contributed by atoms with E-state index in [2.05, 4.69) is 15.9 Å². The van der Waals surface area contributed by atoms with Gasteiger partial charge < -0.3 is 15.2 Å². The predicted molar refractivity (Wildman–Crippen MR) is 60.9 cm³/mol. The Morgan fingerprint density at radius 3 is 2.79 bits per heavy atom. The lowest BCUT2D eigenvalue weighted by molar-refractivity contribution is 0.146. The minimum Gasteiger partial charge on any atom is -0.490 e. The molecule has 0 spiro atoms. The maximum Gasteiger partial charge on any atom is 0.140 e. The summed E-state index contributed by atoms with van der Waals surface area (Å²) >= 11 is 9.20. The van der Waals surface area contributed by atoms with Gasteiger partial charge in [-0.25, -0.2) is 0 Å². The normalized spacial score (nSPS) is 10.2. The average molecular weight is 281 g/mol. The summed E-state index contributed by atoms with van der Waals surface area (Å²) in [5.74, 6) is 0.574. The van der Waals surface area contributed by atoms with Crippen LogP contribution in [0.5, 0.6) is 5.75 Å². The number of halogens is 2. The van der Waals surface area contributed by atoms with Gasteiger partial charge in [-0.3, -0.25) is 0 Å². The molecule has 14 heavy (non-hydrogen) atoms. The molecule has 0 aliphatic rings. The van der Waals surface area contributed by atoms with Crippen LogP contribution in [0, 0.1) is 0 Å². The summed E-state index contributed by atoms with van der Waals surface area (Å²) < 4.78 is 11.0. The molecule has 0 amide bonds. The Kier molecular flexibility index (Phi) is 4.51. The van der Waals surface area contributed by atoms with Gasteiger partial charge in [-0.2, -0.15) is 0 Å². The molecular weight excluding hydrogens is 269 g/mol. The van der Waals surface area contributed by atoms with E-state index in [1.54, 1.807) is 19.2 Å². The first-order valence-electron chi connectivity index (χ1n) is 4.01. The van der Waals surface area contributed by atoms with Crippen LogP contribution in [-0.4, -0.2) is 20.3 Å². The molecular formula is C9H11BrClNO2. The molecule has 0 saturated carbocycles. The molecule has 1 aromatic carbocycles. The van der Waals surface area contributed by atoms with Crippen molar-refractivity contribution in [3.05, 3.63) is 21.6 Å². The van der Waals surface area contributed by atoms with E-state index in [9.17, 15) is 0 Å². The number of nitrogens with two attached hydrogens (primary N) is 1. The standard InChI is InChI=1S/C9H11BrClNO2/c1-13-2-3-14-9-5-8(12)6(10)4-7(9)11/h4-5H,2-3,12H2,1H3. The third kappa shape index (κ3) is 3.04. The lowest BCUT2D eigenvalue weighted by Crippen LogP contribution is -2.05. The molecule has 1 aromatic rings. The Morgan fingerprint density at radius 1 is 1.43 bits per heavy atom. The molecule has 2 N–H and O–H groups in total. The van der Waals surface area contributed by atoms with Crippen LogP contribution in [0.1, 0.15) is 0 Å². The maximum absolute atomic E-state index is 5.93. The van der Waals surface area contributed by atoms with Crippen LogP contribution < -0.4 is 10.5 Å². The van der Waals surface area contributed by atoms with Gasteiger partial charge in [-0.1, -0.05) is 11.6 Å². The lowest BCUT2D eigenvalue weighted by Gasteiger charge is -2.09. The third-order valence-electron chi connectivity index (χ3n) is 1.60. The monoisotopic (exact) mass is 279 g/mol. The fraction of sp³-hybridized carbons (Fsp3) is 0.333. The van der Waals surface area contributed by atoms with Crippen LogP contribution in [0.4, 0.5) is 5.69 Å². The van der Waals surface area contributed by atoms with Crippen LogP contribution in [0.3, 0.4) is 0 Å². The second kappa shape index (κ2) is 5.44. The van der Waals surface area contributed by atoms with E-state index in [0.29, 0.717) is 29.7 Å². The molecule has 0 aromatic heterocycles. The molecule has 0 radical (unpaired) electrons. The molecule has 0 heterocycles. The van der Waals surface area contributed by atoms with Crippen LogP contribution in [-0.2, 0) is 4.74 Å². The summed E-state index contributed by atoms with van der Waals surface area (Å²) in [6.45, 7) is 0.976. The van der Waals surface area contributed by atoms with E-state index in [1.165, 1.54) is 0 Å². The second-order valence-electron chi connectivity index (χ2n) is 2.65.